The molecule has 0 atom stereocenters. The zero-order valence-electron chi connectivity index (χ0n) is 5.47. The van der Waals surface area contributed by atoms with Crippen LogP contribution in [0.3, 0.4) is 0 Å². The van der Waals surface area contributed by atoms with Crippen molar-refractivity contribution in [3.63, 3.8) is 0 Å². The number of hydrogen-bond donors (Lipinski definition) is 1. The molecule has 0 aliphatic heterocycles. The van der Waals surface area contributed by atoms with Crippen LogP contribution in [0.2, 0.25) is 0 Å². The van der Waals surface area contributed by atoms with Gasteiger partial charge >= 0.3 is 79.1 Å². The summed E-state index contributed by atoms with van der Waals surface area (Å²) in [6.45, 7) is 6.99. The monoisotopic (exact) mass is 463 g/mol. The molecule has 0 spiro atoms. The van der Waals surface area contributed by atoms with Gasteiger partial charge in [-0.25, -0.2) is 0 Å². The second-order valence-electron chi connectivity index (χ2n) is 0.985. The van der Waals surface area contributed by atoms with E-state index in [4.69, 9.17) is 6.58 Å². The molecule has 0 saturated heterocycles. The summed E-state index contributed by atoms with van der Waals surface area (Å²) in [5.74, 6) is 0. The fraction of sp³-hybridized carbons (Fsp3) is 0.333. The van der Waals surface area contributed by atoms with Crippen molar-refractivity contribution in [2.75, 3.05) is 7.05 Å². The molecular weight excluding hydrogens is 454 g/mol. The summed E-state index contributed by atoms with van der Waals surface area (Å²) < 4.78 is 3.91. The van der Waals surface area contributed by atoms with E-state index in [0.29, 0.717) is 0 Å². The van der Waals surface area contributed by atoms with E-state index in [-0.39, 0.29) is 0 Å². The molecule has 0 aromatic carbocycles. The Morgan fingerprint density at radius 2 is 2.11 bits per heavy atom. The zero-order valence-corrected chi connectivity index (χ0v) is 11.3. The predicted octanol–water partition coefficient (Wildman–Crippen LogP) is 0.104. The third-order valence-corrected chi connectivity index (χ3v) is 1.62. The minimum absolute atomic E-state index is 1.08. The van der Waals surface area contributed by atoms with E-state index in [1.165, 1.54) is 38.7 Å². The number of nitrogens with one attached hydrogen (secondary N) is 1. The first-order chi connectivity index (χ1) is 4.22. The molecule has 1 N–H and O–H groups in total. The summed E-state index contributed by atoms with van der Waals surface area (Å²) >= 11 is 2.79. The van der Waals surface area contributed by atoms with Crippen LogP contribution >= 0.6 is 0 Å². The van der Waals surface area contributed by atoms with Crippen molar-refractivity contribution in [1.82, 2.24) is 5.32 Å². The quantitative estimate of drug-likeness (QED) is 0.574. The van der Waals surface area contributed by atoms with Gasteiger partial charge in [0.25, 0.3) is 0 Å². The van der Waals surface area contributed by atoms with Gasteiger partial charge in [-0.2, -0.15) is 0 Å². The van der Waals surface area contributed by atoms with E-state index >= 15 is 0 Å². The fourth-order valence-electron chi connectivity index (χ4n) is 0.0833. The van der Waals surface area contributed by atoms with Crippen LogP contribution in [0, 0.1) is 6.58 Å². The van der Waals surface area contributed by atoms with Crippen LogP contribution in [0.4, 0.5) is 0 Å². The van der Waals surface area contributed by atoms with Crippen LogP contribution in [-0.2, 0) is 38.7 Å². The fourth-order valence-corrected chi connectivity index (χ4v) is 0.0833. The molecule has 0 aliphatic rings. The Labute approximate surface area is 78.7 Å². The Morgan fingerprint density at radius 1 is 1.78 bits per heavy atom. The van der Waals surface area contributed by atoms with Gasteiger partial charge in [0.1, 0.15) is 0 Å². The average Bonchev–Trinajstić information content (AvgIpc) is 1.88. The first-order valence-electron chi connectivity index (χ1n) is 2.28. The summed E-state index contributed by atoms with van der Waals surface area (Å²) in [6.07, 6.45) is 1.56. The van der Waals surface area contributed by atoms with Crippen molar-refractivity contribution in [1.29, 1.82) is 0 Å². The predicted molar refractivity (Wildman–Crippen MR) is 33.6 cm³/mol. The van der Waals surface area contributed by atoms with Crippen molar-refractivity contribution < 1.29 is 38.7 Å². The van der Waals surface area contributed by atoms with Crippen molar-refractivity contribution in [3.8, 4) is 0 Å². The van der Waals surface area contributed by atoms with E-state index in [1.54, 1.807) is 6.08 Å². The maximum absolute atomic E-state index is 5.08. The van der Waals surface area contributed by atoms with Gasteiger partial charge in [0.05, 0.1) is 0 Å². The summed E-state index contributed by atoms with van der Waals surface area (Å²) in [6, 6.07) is 0. The van der Waals surface area contributed by atoms with Crippen molar-refractivity contribution in [3.05, 3.63) is 12.7 Å². The second-order valence-corrected chi connectivity index (χ2v) is 4.03. The van der Waals surface area contributed by atoms with Crippen LogP contribution in [0.15, 0.2) is 6.08 Å². The standard InChI is InChI=1S/C4H6N.C2H3.2W/c1-3-4-5-2;1-2;;/h1,3,5H,2H3;1H3;;/q2*-1;;. The summed E-state index contributed by atoms with van der Waals surface area (Å²) in [7, 11) is 1.85. The Hall–Kier alpha value is 0.817. The van der Waals surface area contributed by atoms with E-state index < -0.39 is 0 Å². The third-order valence-electron chi connectivity index (χ3n) is 0.398. The number of hydrogen-bond acceptors (Lipinski definition) is 1. The van der Waals surface area contributed by atoms with Crippen LogP contribution in [0.1, 0.15) is 6.92 Å². The molecule has 0 bridgehead atoms. The first-order valence-corrected chi connectivity index (χ1v) is 5.21. The van der Waals surface area contributed by atoms with Crippen molar-refractivity contribution in [2.24, 2.45) is 0 Å². The molecule has 0 aromatic rings. The van der Waals surface area contributed by atoms with Crippen LogP contribution in [0.25, 0.3) is 0 Å². The molecule has 9 heavy (non-hydrogen) atoms. The van der Waals surface area contributed by atoms with Gasteiger partial charge in [0, 0.05) is 0 Å². The van der Waals surface area contributed by atoms with Gasteiger partial charge in [-0.3, -0.25) is 0 Å². The van der Waals surface area contributed by atoms with Crippen molar-refractivity contribution in [2.45, 2.75) is 6.92 Å². The average molecular weight is 463 g/mol. The van der Waals surface area contributed by atoms with Crippen molar-refractivity contribution >= 4 is 8.42 Å². The molecule has 52 valence electrons. The summed E-state index contributed by atoms with van der Waals surface area (Å²) in [5.41, 5.74) is 0. The Kier molecular flexibility index (Phi) is 16.1. The van der Waals surface area contributed by atoms with Gasteiger partial charge in [0.15, 0.2) is 0 Å². The molecule has 0 aromatic heterocycles. The number of rotatable bonds is 2. The molecular formula is C6H9NW2-2. The molecule has 0 saturated carbocycles. The summed E-state index contributed by atoms with van der Waals surface area (Å²) in [5, 5.41) is 2.89. The molecule has 0 fully saturated rings. The normalized spacial score (nSPS) is 6.44. The SMILES string of the molecule is C[C-]=[W].[CH-]=C[C](=[W])NC. The Balaban J connectivity index is 0. The molecule has 0 unspecified atom stereocenters. The Bertz CT molecular complexity index is 99.2. The van der Waals surface area contributed by atoms with Crippen LogP contribution in [-0.4, -0.2) is 15.5 Å². The second kappa shape index (κ2) is 11.6. The summed E-state index contributed by atoms with van der Waals surface area (Å²) in [4.78, 5) is 0. The van der Waals surface area contributed by atoms with Crippen LogP contribution < -0.4 is 5.32 Å². The molecule has 0 amide bonds. The molecule has 1 nitrogen and oxygen atoms in total. The van der Waals surface area contributed by atoms with Gasteiger partial charge < -0.3 is 0 Å². The van der Waals surface area contributed by atoms with E-state index in [2.05, 4.69) is 9.72 Å². The molecule has 0 rings (SSSR count). The van der Waals surface area contributed by atoms with Gasteiger partial charge in [-0.15, -0.1) is 0 Å². The van der Waals surface area contributed by atoms with Crippen LogP contribution in [0.5, 0.6) is 0 Å². The molecule has 0 heterocycles. The van der Waals surface area contributed by atoms with E-state index in [0.717, 1.165) is 4.02 Å². The Morgan fingerprint density at radius 3 is 2.11 bits per heavy atom. The van der Waals surface area contributed by atoms with E-state index in [1.807, 2.05) is 14.0 Å². The maximum atomic E-state index is 5.08. The number of likely N-dealkylation sites (N-methyl/N-ethyl adjacent to an activating group) is 1. The van der Waals surface area contributed by atoms with E-state index in [9.17, 15) is 0 Å². The zero-order chi connectivity index (χ0) is 7.70. The third kappa shape index (κ3) is 17.7. The molecule has 3 heteroatoms. The van der Waals surface area contributed by atoms with Gasteiger partial charge in [-0.05, 0) is 0 Å². The first kappa shape index (κ1) is 12.5. The molecule has 0 aliphatic carbocycles. The van der Waals surface area contributed by atoms with Gasteiger partial charge in [-0.1, -0.05) is 0 Å². The van der Waals surface area contributed by atoms with Gasteiger partial charge in [0.2, 0.25) is 0 Å². The minimum atomic E-state index is 1.08. The molecule has 0 radical (unpaired) electrons. The topological polar surface area (TPSA) is 12.0 Å².